The fourth-order valence-electron chi connectivity index (χ4n) is 1.56. The van der Waals surface area contributed by atoms with Crippen LogP contribution in [0.3, 0.4) is 0 Å². The minimum absolute atomic E-state index is 0.0798. The lowest BCUT2D eigenvalue weighted by Crippen LogP contribution is -2.23. The molecule has 0 saturated carbocycles. The maximum absolute atomic E-state index is 12.0. The number of carbonyl (C=O) groups is 1. The summed E-state index contributed by atoms with van der Waals surface area (Å²) in [6.07, 6.45) is 1.50. The van der Waals surface area contributed by atoms with E-state index >= 15 is 0 Å². The van der Waals surface area contributed by atoms with Crippen LogP contribution in [0.5, 0.6) is 0 Å². The molecule has 0 spiro atoms. The van der Waals surface area contributed by atoms with Gasteiger partial charge in [0.05, 0.1) is 10.3 Å². The maximum atomic E-state index is 12.0. The predicted octanol–water partition coefficient (Wildman–Crippen LogP) is 4.65. The first-order valence-corrected chi connectivity index (χ1v) is 8.13. The molecular weight excluding hydrogens is 327 g/mol. The van der Waals surface area contributed by atoms with Gasteiger partial charge in [-0.1, -0.05) is 35.3 Å². The molecule has 0 aliphatic heterocycles. The van der Waals surface area contributed by atoms with Crippen molar-refractivity contribution in [3.63, 3.8) is 0 Å². The van der Waals surface area contributed by atoms with Crippen molar-refractivity contribution < 1.29 is 4.79 Å². The van der Waals surface area contributed by atoms with Gasteiger partial charge in [0.25, 0.3) is 0 Å². The van der Waals surface area contributed by atoms with Crippen molar-refractivity contribution in [2.75, 3.05) is 5.32 Å². The largest absolute Gasteiger partial charge is 0.310 e. The van der Waals surface area contributed by atoms with Crippen molar-refractivity contribution in [1.29, 1.82) is 0 Å². The van der Waals surface area contributed by atoms with Crippen LogP contribution in [0.15, 0.2) is 42.6 Å². The zero-order valence-corrected chi connectivity index (χ0v) is 13.7. The minimum Gasteiger partial charge on any atom is -0.310 e. The molecule has 0 radical (unpaired) electrons. The summed E-state index contributed by atoms with van der Waals surface area (Å²) < 4.78 is 0. The van der Waals surface area contributed by atoms with E-state index in [0.717, 1.165) is 11.3 Å². The van der Waals surface area contributed by atoms with E-state index in [9.17, 15) is 4.79 Å². The summed E-state index contributed by atoms with van der Waals surface area (Å²) in [6.45, 7) is 1.87. The van der Waals surface area contributed by atoms with Crippen molar-refractivity contribution >= 4 is 46.7 Å². The molecule has 3 nitrogen and oxygen atoms in total. The molecule has 1 atom stereocenters. The first-order chi connectivity index (χ1) is 10.0. The number of nitrogens with zero attached hydrogens (tertiary/aromatic N) is 1. The average molecular weight is 341 g/mol. The molecule has 1 aromatic heterocycles. The van der Waals surface area contributed by atoms with Gasteiger partial charge in [0.2, 0.25) is 5.91 Å². The Morgan fingerprint density at radius 2 is 1.86 bits per heavy atom. The monoisotopic (exact) mass is 340 g/mol. The smallest absolute Gasteiger partial charge is 0.238 e. The normalized spacial score (nSPS) is 12.0. The third-order valence-corrected chi connectivity index (χ3v) is 4.45. The molecule has 0 fully saturated rings. The molecule has 0 unspecified atom stereocenters. The first kappa shape index (κ1) is 16.1. The Bertz CT molecular complexity index is 602. The molecular formula is C15H14Cl2N2OS. The SMILES string of the molecule is C[C@@H](SCc1ccc(Cl)cc1)C(=O)Nc1ccc(Cl)cn1. The van der Waals surface area contributed by atoms with Crippen molar-refractivity contribution in [1.82, 2.24) is 4.98 Å². The topological polar surface area (TPSA) is 42.0 Å². The van der Waals surface area contributed by atoms with Crippen molar-refractivity contribution in [2.24, 2.45) is 0 Å². The van der Waals surface area contributed by atoms with Crippen LogP contribution < -0.4 is 5.32 Å². The first-order valence-electron chi connectivity index (χ1n) is 6.33. The van der Waals surface area contributed by atoms with Gasteiger partial charge in [-0.25, -0.2) is 4.98 Å². The van der Waals surface area contributed by atoms with E-state index in [1.54, 1.807) is 23.9 Å². The van der Waals surface area contributed by atoms with Gasteiger partial charge in [-0.2, -0.15) is 0 Å². The van der Waals surface area contributed by atoms with Crippen LogP contribution in [0.2, 0.25) is 10.0 Å². The summed E-state index contributed by atoms with van der Waals surface area (Å²) >= 11 is 13.1. The highest BCUT2D eigenvalue weighted by atomic mass is 35.5. The number of rotatable bonds is 5. The molecule has 6 heteroatoms. The molecule has 1 heterocycles. The molecule has 1 aromatic carbocycles. The lowest BCUT2D eigenvalue weighted by atomic mass is 10.2. The van der Waals surface area contributed by atoms with E-state index in [-0.39, 0.29) is 11.2 Å². The minimum atomic E-state index is -0.182. The number of nitrogens with one attached hydrogen (secondary N) is 1. The van der Waals surface area contributed by atoms with E-state index in [1.807, 2.05) is 31.2 Å². The lowest BCUT2D eigenvalue weighted by molar-refractivity contribution is -0.115. The highest BCUT2D eigenvalue weighted by molar-refractivity contribution is 7.99. The number of hydrogen-bond donors (Lipinski definition) is 1. The van der Waals surface area contributed by atoms with Crippen LogP contribution in [-0.2, 0) is 10.5 Å². The van der Waals surface area contributed by atoms with E-state index in [1.165, 1.54) is 6.20 Å². The Kier molecular flexibility index (Phi) is 5.91. The number of aromatic nitrogens is 1. The van der Waals surface area contributed by atoms with Crippen LogP contribution in [0.4, 0.5) is 5.82 Å². The summed E-state index contributed by atoms with van der Waals surface area (Å²) in [5, 5.41) is 3.83. The van der Waals surface area contributed by atoms with Gasteiger partial charge in [-0.3, -0.25) is 4.79 Å². The predicted molar refractivity (Wildman–Crippen MR) is 90.1 cm³/mol. The number of thioether (sulfide) groups is 1. The van der Waals surface area contributed by atoms with Crippen LogP contribution in [-0.4, -0.2) is 16.1 Å². The van der Waals surface area contributed by atoms with Crippen molar-refractivity contribution in [3.05, 3.63) is 58.2 Å². The number of halogens is 2. The molecule has 2 rings (SSSR count). The highest BCUT2D eigenvalue weighted by Crippen LogP contribution is 2.20. The second-order valence-corrected chi connectivity index (χ2v) is 6.63. The summed E-state index contributed by atoms with van der Waals surface area (Å²) in [6, 6.07) is 11.0. The van der Waals surface area contributed by atoms with Gasteiger partial charge in [0.1, 0.15) is 5.82 Å². The highest BCUT2D eigenvalue weighted by Gasteiger charge is 2.14. The number of amides is 1. The molecule has 110 valence electrons. The van der Waals surface area contributed by atoms with E-state index in [2.05, 4.69) is 10.3 Å². The summed E-state index contributed by atoms with van der Waals surface area (Å²) in [7, 11) is 0. The van der Waals surface area contributed by atoms with Gasteiger partial charge in [-0.05, 0) is 36.8 Å². The Hall–Kier alpha value is -1.23. The Morgan fingerprint density at radius 1 is 1.19 bits per heavy atom. The third kappa shape index (κ3) is 5.23. The zero-order valence-electron chi connectivity index (χ0n) is 11.3. The third-order valence-electron chi connectivity index (χ3n) is 2.76. The molecule has 21 heavy (non-hydrogen) atoms. The van der Waals surface area contributed by atoms with Gasteiger partial charge in [0, 0.05) is 17.0 Å². The summed E-state index contributed by atoms with van der Waals surface area (Å²) in [5.41, 5.74) is 1.13. The van der Waals surface area contributed by atoms with Gasteiger partial charge in [0.15, 0.2) is 0 Å². The van der Waals surface area contributed by atoms with Crippen molar-refractivity contribution in [3.8, 4) is 0 Å². The molecule has 0 saturated heterocycles. The van der Waals surface area contributed by atoms with Crippen LogP contribution in [0.1, 0.15) is 12.5 Å². The Balaban J connectivity index is 1.84. The Morgan fingerprint density at radius 3 is 2.48 bits per heavy atom. The lowest BCUT2D eigenvalue weighted by Gasteiger charge is -2.11. The fourth-order valence-corrected chi connectivity index (χ4v) is 2.64. The van der Waals surface area contributed by atoms with Crippen LogP contribution in [0.25, 0.3) is 0 Å². The van der Waals surface area contributed by atoms with Gasteiger partial charge < -0.3 is 5.32 Å². The second-order valence-electron chi connectivity index (χ2n) is 4.43. The number of carbonyl (C=O) groups excluding carboxylic acids is 1. The molecule has 2 aromatic rings. The maximum Gasteiger partial charge on any atom is 0.238 e. The number of pyridine rings is 1. The summed E-state index contributed by atoms with van der Waals surface area (Å²) in [5.74, 6) is 1.17. The Labute approximate surface area is 138 Å². The summed E-state index contributed by atoms with van der Waals surface area (Å²) in [4.78, 5) is 16.1. The number of hydrogen-bond acceptors (Lipinski definition) is 3. The molecule has 0 bridgehead atoms. The second kappa shape index (κ2) is 7.69. The van der Waals surface area contributed by atoms with Crippen LogP contribution >= 0.6 is 35.0 Å². The number of anilines is 1. The van der Waals surface area contributed by atoms with E-state index < -0.39 is 0 Å². The van der Waals surface area contributed by atoms with Crippen molar-refractivity contribution in [2.45, 2.75) is 17.9 Å². The quantitative estimate of drug-likeness (QED) is 0.861. The average Bonchev–Trinajstić information content (AvgIpc) is 2.48. The molecule has 0 aliphatic rings. The zero-order chi connectivity index (χ0) is 15.2. The van der Waals surface area contributed by atoms with E-state index in [4.69, 9.17) is 23.2 Å². The fraction of sp³-hybridized carbons (Fsp3) is 0.200. The van der Waals surface area contributed by atoms with E-state index in [0.29, 0.717) is 15.9 Å². The molecule has 1 N–H and O–H groups in total. The number of benzene rings is 1. The van der Waals surface area contributed by atoms with Gasteiger partial charge in [-0.15, -0.1) is 11.8 Å². The molecule has 1 amide bonds. The molecule has 0 aliphatic carbocycles. The van der Waals surface area contributed by atoms with Gasteiger partial charge >= 0.3 is 0 Å². The van der Waals surface area contributed by atoms with Crippen LogP contribution in [0, 0.1) is 0 Å². The standard InChI is InChI=1S/C15H14Cl2N2OS/c1-10(21-9-11-2-4-12(16)5-3-11)15(20)19-14-7-6-13(17)8-18-14/h2-8,10H,9H2,1H3,(H,18,19,20)/t10-/m1/s1.